The number of anilines is 1. The summed E-state index contributed by atoms with van der Waals surface area (Å²) in [6.07, 6.45) is -0.913. The molecule has 1 heterocycles. The van der Waals surface area contributed by atoms with Gasteiger partial charge in [-0.2, -0.15) is 0 Å². The highest BCUT2D eigenvalue weighted by Gasteiger charge is 2.39. The minimum atomic E-state index is -1.19. The number of aliphatic hydroxyl groups is 1. The van der Waals surface area contributed by atoms with Crippen LogP contribution in [0, 0.1) is 12.7 Å². The second-order valence-electron chi connectivity index (χ2n) is 4.81. The molecular weight excluding hydrogens is 267 g/mol. The van der Waals surface area contributed by atoms with Gasteiger partial charge in [-0.25, -0.2) is 14.0 Å². The number of amides is 2. The Morgan fingerprint density at radius 2 is 2.15 bits per heavy atom. The van der Waals surface area contributed by atoms with Crippen LogP contribution in [0.25, 0.3) is 0 Å². The number of carbonyl (C=O) groups excluding carboxylic acids is 1. The number of hydrogen-bond acceptors (Lipinski definition) is 3. The highest BCUT2D eigenvalue weighted by molar-refractivity contribution is 5.92. The molecule has 1 aliphatic heterocycles. The van der Waals surface area contributed by atoms with E-state index < -0.39 is 30.0 Å². The van der Waals surface area contributed by atoms with Crippen LogP contribution in [0.15, 0.2) is 18.2 Å². The van der Waals surface area contributed by atoms with E-state index in [2.05, 4.69) is 5.32 Å². The monoisotopic (exact) mass is 282 g/mol. The van der Waals surface area contributed by atoms with E-state index in [-0.39, 0.29) is 18.7 Å². The molecule has 7 heteroatoms. The molecule has 0 bridgehead atoms. The van der Waals surface area contributed by atoms with E-state index in [1.807, 2.05) is 0 Å². The lowest BCUT2D eigenvalue weighted by atomic mass is 10.2. The molecule has 2 rings (SSSR count). The number of carbonyl (C=O) groups is 2. The van der Waals surface area contributed by atoms with Crippen LogP contribution >= 0.6 is 0 Å². The van der Waals surface area contributed by atoms with Crippen molar-refractivity contribution in [2.24, 2.45) is 0 Å². The number of hydrogen-bond donors (Lipinski definition) is 3. The molecular formula is C13H15FN2O4. The number of urea groups is 1. The summed E-state index contributed by atoms with van der Waals surface area (Å²) in [6.45, 7) is 1.63. The first-order valence-electron chi connectivity index (χ1n) is 6.13. The van der Waals surface area contributed by atoms with E-state index in [1.165, 1.54) is 12.1 Å². The SMILES string of the molecule is Cc1ccc(NC(=O)N2CC(O)CC2C(=O)O)c(F)c1. The average Bonchev–Trinajstić information content (AvgIpc) is 2.75. The van der Waals surface area contributed by atoms with E-state index in [0.29, 0.717) is 5.56 Å². The quantitative estimate of drug-likeness (QED) is 0.760. The van der Waals surface area contributed by atoms with Crippen molar-refractivity contribution in [1.82, 2.24) is 4.90 Å². The van der Waals surface area contributed by atoms with E-state index in [0.717, 1.165) is 4.90 Å². The number of rotatable bonds is 2. The molecule has 0 spiro atoms. The normalized spacial score (nSPS) is 21.9. The van der Waals surface area contributed by atoms with Crippen LogP contribution in [0.1, 0.15) is 12.0 Å². The number of likely N-dealkylation sites (tertiary alicyclic amines) is 1. The summed E-state index contributed by atoms with van der Waals surface area (Å²) in [6, 6.07) is 2.47. The number of benzene rings is 1. The van der Waals surface area contributed by atoms with Gasteiger partial charge in [0.1, 0.15) is 11.9 Å². The van der Waals surface area contributed by atoms with Gasteiger partial charge in [0.2, 0.25) is 0 Å². The maximum Gasteiger partial charge on any atom is 0.326 e. The molecule has 0 aromatic heterocycles. The molecule has 2 atom stereocenters. The third kappa shape index (κ3) is 2.88. The predicted molar refractivity (Wildman–Crippen MR) is 68.9 cm³/mol. The summed E-state index contributed by atoms with van der Waals surface area (Å²) in [4.78, 5) is 24.0. The highest BCUT2D eigenvalue weighted by atomic mass is 19.1. The van der Waals surface area contributed by atoms with Gasteiger partial charge in [0.25, 0.3) is 0 Å². The number of carboxylic acid groups (broad SMARTS) is 1. The van der Waals surface area contributed by atoms with E-state index in [1.54, 1.807) is 13.0 Å². The van der Waals surface area contributed by atoms with Crippen molar-refractivity contribution in [2.45, 2.75) is 25.5 Å². The van der Waals surface area contributed by atoms with Crippen molar-refractivity contribution < 1.29 is 24.2 Å². The fraction of sp³-hybridized carbons (Fsp3) is 0.385. The minimum Gasteiger partial charge on any atom is -0.480 e. The van der Waals surface area contributed by atoms with E-state index >= 15 is 0 Å². The summed E-state index contributed by atoms with van der Waals surface area (Å²) in [5, 5.41) is 20.8. The van der Waals surface area contributed by atoms with Crippen molar-refractivity contribution in [3.63, 3.8) is 0 Å². The smallest absolute Gasteiger partial charge is 0.326 e. The summed E-state index contributed by atoms with van der Waals surface area (Å²) < 4.78 is 13.6. The van der Waals surface area contributed by atoms with Crippen LogP contribution in [-0.2, 0) is 4.79 Å². The number of carboxylic acids is 1. The molecule has 1 aliphatic rings. The molecule has 3 N–H and O–H groups in total. The molecule has 2 unspecified atom stereocenters. The maximum atomic E-state index is 13.6. The Morgan fingerprint density at radius 3 is 2.75 bits per heavy atom. The first-order chi connectivity index (χ1) is 9.38. The zero-order valence-electron chi connectivity index (χ0n) is 10.8. The highest BCUT2D eigenvalue weighted by Crippen LogP contribution is 2.21. The Hall–Kier alpha value is -2.15. The van der Waals surface area contributed by atoms with Crippen LogP contribution in [0.5, 0.6) is 0 Å². The molecule has 2 amide bonds. The van der Waals surface area contributed by atoms with Crippen molar-refractivity contribution in [3.8, 4) is 0 Å². The molecule has 1 saturated heterocycles. The zero-order chi connectivity index (χ0) is 14.9. The number of β-amino-alcohol motifs (C(OH)–C–C–N with tert-alkyl or cyclic N) is 1. The van der Waals surface area contributed by atoms with Crippen LogP contribution < -0.4 is 5.32 Å². The summed E-state index contributed by atoms with van der Waals surface area (Å²) in [7, 11) is 0. The number of aliphatic hydroxyl groups excluding tert-OH is 1. The van der Waals surface area contributed by atoms with Gasteiger partial charge in [0.05, 0.1) is 11.8 Å². The maximum absolute atomic E-state index is 13.6. The van der Waals surface area contributed by atoms with Gasteiger partial charge in [-0.15, -0.1) is 0 Å². The van der Waals surface area contributed by atoms with E-state index in [9.17, 15) is 19.1 Å². The predicted octanol–water partition coefficient (Wildman–Crippen LogP) is 1.19. The molecule has 20 heavy (non-hydrogen) atoms. The van der Waals surface area contributed by atoms with E-state index in [4.69, 9.17) is 5.11 Å². The summed E-state index contributed by atoms with van der Waals surface area (Å²) in [5.74, 6) is -1.79. The lowest BCUT2D eigenvalue weighted by molar-refractivity contribution is -0.141. The fourth-order valence-corrected chi connectivity index (χ4v) is 2.18. The molecule has 6 nitrogen and oxygen atoms in total. The van der Waals surface area contributed by atoms with Crippen molar-refractivity contribution >= 4 is 17.7 Å². The number of aryl methyl sites for hydroxylation is 1. The lowest BCUT2D eigenvalue weighted by Crippen LogP contribution is -2.43. The molecule has 1 aromatic rings. The van der Waals surface area contributed by atoms with Gasteiger partial charge in [-0.1, -0.05) is 6.07 Å². The van der Waals surface area contributed by atoms with Gasteiger partial charge in [-0.3, -0.25) is 0 Å². The average molecular weight is 282 g/mol. The zero-order valence-corrected chi connectivity index (χ0v) is 10.8. The second kappa shape index (κ2) is 5.46. The van der Waals surface area contributed by atoms with Gasteiger partial charge in [0.15, 0.2) is 0 Å². The van der Waals surface area contributed by atoms with Gasteiger partial charge >= 0.3 is 12.0 Å². The van der Waals surface area contributed by atoms with Gasteiger partial charge in [-0.05, 0) is 24.6 Å². The third-order valence-electron chi connectivity index (χ3n) is 3.19. The number of halogens is 1. The largest absolute Gasteiger partial charge is 0.480 e. The van der Waals surface area contributed by atoms with Crippen molar-refractivity contribution in [3.05, 3.63) is 29.6 Å². The Bertz CT molecular complexity index is 549. The lowest BCUT2D eigenvalue weighted by Gasteiger charge is -2.21. The van der Waals surface area contributed by atoms with Crippen LogP contribution in [-0.4, -0.2) is 45.8 Å². The number of nitrogens with zero attached hydrogens (tertiary/aromatic N) is 1. The van der Waals surface area contributed by atoms with Gasteiger partial charge in [0, 0.05) is 13.0 Å². The number of aliphatic carboxylic acids is 1. The Kier molecular flexibility index (Phi) is 3.89. The molecule has 108 valence electrons. The molecule has 0 saturated carbocycles. The Balaban J connectivity index is 2.13. The van der Waals surface area contributed by atoms with Crippen LogP contribution in [0.2, 0.25) is 0 Å². The molecule has 1 aromatic carbocycles. The fourth-order valence-electron chi connectivity index (χ4n) is 2.18. The molecule has 0 radical (unpaired) electrons. The topological polar surface area (TPSA) is 89.9 Å². The standard InChI is InChI=1S/C13H15FN2O4/c1-7-2-3-10(9(14)4-7)15-13(20)16-6-8(17)5-11(16)12(18)19/h2-4,8,11,17H,5-6H2,1H3,(H,15,20)(H,18,19). The first-order valence-corrected chi connectivity index (χ1v) is 6.13. The van der Waals surface area contributed by atoms with Crippen LogP contribution in [0.4, 0.5) is 14.9 Å². The number of nitrogens with one attached hydrogen (secondary N) is 1. The molecule has 1 fully saturated rings. The third-order valence-corrected chi connectivity index (χ3v) is 3.19. The van der Waals surface area contributed by atoms with Crippen molar-refractivity contribution in [1.29, 1.82) is 0 Å². The molecule has 0 aliphatic carbocycles. The second-order valence-corrected chi connectivity index (χ2v) is 4.81. The minimum absolute atomic E-state index is 0.0221. The van der Waals surface area contributed by atoms with Crippen molar-refractivity contribution in [2.75, 3.05) is 11.9 Å². The summed E-state index contributed by atoms with van der Waals surface area (Å²) >= 11 is 0. The Labute approximate surface area is 114 Å². The van der Waals surface area contributed by atoms with Crippen LogP contribution in [0.3, 0.4) is 0 Å². The van der Waals surface area contributed by atoms with Gasteiger partial charge < -0.3 is 20.4 Å². The summed E-state index contributed by atoms with van der Waals surface area (Å²) in [5.41, 5.74) is 0.687. The first kappa shape index (κ1) is 14.3. The Morgan fingerprint density at radius 1 is 1.45 bits per heavy atom.